The van der Waals surface area contributed by atoms with E-state index in [4.69, 9.17) is 10.5 Å². The first-order valence-corrected chi connectivity index (χ1v) is 8.42. The Morgan fingerprint density at radius 2 is 1.69 bits per heavy atom. The van der Waals surface area contributed by atoms with Crippen molar-refractivity contribution in [1.82, 2.24) is 4.98 Å². The van der Waals surface area contributed by atoms with E-state index in [2.05, 4.69) is 4.98 Å². The molecule has 2 aromatic carbocycles. The van der Waals surface area contributed by atoms with Crippen molar-refractivity contribution in [2.75, 3.05) is 0 Å². The minimum absolute atomic E-state index is 0.0205. The molecule has 3 rings (SSSR count). The van der Waals surface area contributed by atoms with Gasteiger partial charge in [-0.05, 0) is 61.5 Å². The van der Waals surface area contributed by atoms with E-state index in [-0.39, 0.29) is 17.0 Å². The van der Waals surface area contributed by atoms with Crippen LogP contribution in [0.2, 0.25) is 0 Å². The van der Waals surface area contributed by atoms with Crippen LogP contribution in [0.5, 0.6) is 11.5 Å². The van der Waals surface area contributed by atoms with E-state index < -0.39 is 23.4 Å². The number of ether oxygens (including phenoxy) is 1. The van der Waals surface area contributed by atoms with Crippen LogP contribution in [0.1, 0.15) is 33.3 Å². The predicted octanol–water partition coefficient (Wildman–Crippen LogP) is 4.86. The van der Waals surface area contributed by atoms with Gasteiger partial charge in [-0.2, -0.15) is 13.2 Å². The van der Waals surface area contributed by atoms with Gasteiger partial charge in [0.15, 0.2) is 5.78 Å². The lowest BCUT2D eigenvalue weighted by atomic mass is 10.1. The Bertz CT molecular complexity index is 1080. The van der Waals surface area contributed by atoms with Crippen molar-refractivity contribution in [3.05, 3.63) is 77.5 Å². The number of benzene rings is 2. The van der Waals surface area contributed by atoms with Crippen molar-refractivity contribution in [3.63, 3.8) is 0 Å². The highest BCUT2D eigenvalue weighted by atomic mass is 19.4. The lowest BCUT2D eigenvalue weighted by molar-refractivity contribution is -0.137. The third kappa shape index (κ3) is 4.60. The van der Waals surface area contributed by atoms with Crippen molar-refractivity contribution in [1.29, 1.82) is 0 Å². The highest BCUT2D eigenvalue weighted by molar-refractivity contribution is 5.97. The molecule has 0 aliphatic rings. The normalized spacial score (nSPS) is 11.2. The molecule has 0 bridgehead atoms. The molecule has 1 aromatic heterocycles. The van der Waals surface area contributed by atoms with Gasteiger partial charge in [0.25, 0.3) is 5.91 Å². The molecule has 1 amide bonds. The van der Waals surface area contributed by atoms with Crippen molar-refractivity contribution in [2.45, 2.75) is 13.1 Å². The lowest BCUT2D eigenvalue weighted by Crippen LogP contribution is -2.12. The van der Waals surface area contributed by atoms with E-state index in [1.807, 2.05) is 0 Å². The fourth-order valence-corrected chi connectivity index (χ4v) is 2.62. The van der Waals surface area contributed by atoms with Crippen LogP contribution >= 0.6 is 0 Å². The van der Waals surface area contributed by atoms with E-state index in [9.17, 15) is 22.8 Å². The summed E-state index contributed by atoms with van der Waals surface area (Å²) in [5.41, 5.74) is 5.46. The number of hydrogen-bond acceptors (Lipinski definition) is 4. The molecule has 29 heavy (non-hydrogen) atoms. The summed E-state index contributed by atoms with van der Waals surface area (Å²) in [4.78, 5) is 27.2. The second-order valence-electron chi connectivity index (χ2n) is 6.16. The van der Waals surface area contributed by atoms with E-state index in [0.717, 1.165) is 18.2 Å². The Kier molecular flexibility index (Phi) is 5.36. The molecule has 0 unspecified atom stereocenters. The lowest BCUT2D eigenvalue weighted by Gasteiger charge is -2.13. The van der Waals surface area contributed by atoms with Crippen molar-refractivity contribution in [3.8, 4) is 22.8 Å². The topological polar surface area (TPSA) is 82.3 Å². The minimum Gasteiger partial charge on any atom is -0.457 e. The molecule has 5 nitrogen and oxygen atoms in total. The fourth-order valence-electron chi connectivity index (χ4n) is 2.62. The Balaban J connectivity index is 1.87. The van der Waals surface area contributed by atoms with Crippen LogP contribution in [0.3, 0.4) is 0 Å². The van der Waals surface area contributed by atoms with Gasteiger partial charge in [0.05, 0.1) is 16.8 Å². The molecule has 0 radical (unpaired) electrons. The average Bonchev–Trinajstić information content (AvgIpc) is 2.68. The van der Waals surface area contributed by atoms with Crippen molar-refractivity contribution < 1.29 is 27.5 Å². The number of alkyl halides is 3. The third-order valence-corrected chi connectivity index (χ3v) is 4.07. The summed E-state index contributed by atoms with van der Waals surface area (Å²) < 4.78 is 44.3. The van der Waals surface area contributed by atoms with E-state index in [1.165, 1.54) is 13.0 Å². The number of halogens is 3. The summed E-state index contributed by atoms with van der Waals surface area (Å²) in [5.74, 6) is -0.852. The van der Waals surface area contributed by atoms with Gasteiger partial charge in [-0.1, -0.05) is 6.07 Å². The fraction of sp³-hybridized carbons (Fsp3) is 0.0952. The number of aromatic nitrogens is 1. The highest BCUT2D eigenvalue weighted by Gasteiger charge is 2.31. The zero-order chi connectivity index (χ0) is 21.2. The number of primary amides is 1. The second-order valence-corrected chi connectivity index (χ2v) is 6.16. The molecule has 0 saturated carbocycles. The van der Waals surface area contributed by atoms with Crippen molar-refractivity contribution in [2.24, 2.45) is 5.73 Å². The third-order valence-electron chi connectivity index (χ3n) is 4.07. The number of rotatable bonds is 5. The summed E-state index contributed by atoms with van der Waals surface area (Å²) in [5, 5.41) is 0. The molecule has 3 aromatic rings. The average molecular weight is 400 g/mol. The summed E-state index contributed by atoms with van der Waals surface area (Å²) in [6.45, 7) is 1.17. The van der Waals surface area contributed by atoms with Crippen LogP contribution < -0.4 is 10.5 Å². The summed E-state index contributed by atoms with van der Waals surface area (Å²) in [6.07, 6.45) is -4.56. The molecule has 8 heteroatoms. The van der Waals surface area contributed by atoms with Crippen molar-refractivity contribution >= 4 is 11.7 Å². The number of nitrogens with zero attached hydrogens (tertiary/aromatic N) is 1. The number of ketones is 1. The zero-order valence-corrected chi connectivity index (χ0v) is 15.2. The van der Waals surface area contributed by atoms with Crippen LogP contribution in [0.15, 0.2) is 60.7 Å². The summed E-state index contributed by atoms with van der Waals surface area (Å²) in [6, 6.07) is 14.1. The summed E-state index contributed by atoms with van der Waals surface area (Å²) in [7, 11) is 0. The standard InChI is InChI=1S/C21H15F3N2O3/c1-12(27)16-11-14(21(22,23)24)7-10-19(16)29-15-8-5-13(6-9-15)17-3-2-4-18(26-17)20(25)28/h2-11H,1H3,(H2,25,28). The van der Waals surface area contributed by atoms with Gasteiger partial charge in [0.1, 0.15) is 17.2 Å². The molecule has 0 atom stereocenters. The molecular formula is C21H15F3N2O3. The van der Waals surface area contributed by atoms with Crippen LogP contribution in [0.4, 0.5) is 13.2 Å². The number of Topliss-reactive ketones (excluding diaryl/α,β-unsaturated/α-hetero) is 1. The highest BCUT2D eigenvalue weighted by Crippen LogP contribution is 2.34. The Hall–Kier alpha value is -3.68. The molecule has 0 aliphatic heterocycles. The van der Waals surface area contributed by atoms with Gasteiger partial charge < -0.3 is 10.5 Å². The monoisotopic (exact) mass is 400 g/mol. The van der Waals surface area contributed by atoms with Gasteiger partial charge in [-0.15, -0.1) is 0 Å². The molecule has 1 heterocycles. The number of pyridine rings is 1. The second kappa shape index (κ2) is 7.75. The van der Waals surface area contributed by atoms with E-state index in [1.54, 1.807) is 36.4 Å². The Morgan fingerprint density at radius 1 is 1.00 bits per heavy atom. The van der Waals surface area contributed by atoms with Crippen LogP contribution in [0.25, 0.3) is 11.3 Å². The quantitative estimate of drug-likeness (QED) is 0.620. The summed E-state index contributed by atoms with van der Waals surface area (Å²) >= 11 is 0. The number of hydrogen-bond donors (Lipinski definition) is 1. The van der Waals surface area contributed by atoms with E-state index in [0.29, 0.717) is 17.0 Å². The zero-order valence-electron chi connectivity index (χ0n) is 15.2. The first-order chi connectivity index (χ1) is 13.6. The number of amides is 1. The first-order valence-electron chi connectivity index (χ1n) is 8.42. The van der Waals surface area contributed by atoms with Crippen LogP contribution in [0, 0.1) is 0 Å². The molecule has 2 N–H and O–H groups in total. The van der Waals surface area contributed by atoms with Gasteiger partial charge in [-0.3, -0.25) is 9.59 Å². The maximum atomic E-state index is 12.9. The maximum Gasteiger partial charge on any atom is 0.416 e. The first kappa shape index (κ1) is 20.1. The smallest absolute Gasteiger partial charge is 0.416 e. The Labute approximate surface area is 163 Å². The van der Waals surface area contributed by atoms with Crippen LogP contribution in [-0.4, -0.2) is 16.7 Å². The molecule has 0 spiro atoms. The van der Waals surface area contributed by atoms with Gasteiger partial charge in [-0.25, -0.2) is 4.98 Å². The number of carbonyl (C=O) groups is 2. The van der Waals surface area contributed by atoms with E-state index >= 15 is 0 Å². The van der Waals surface area contributed by atoms with Gasteiger partial charge in [0, 0.05) is 5.56 Å². The number of nitrogens with two attached hydrogens (primary N) is 1. The maximum absolute atomic E-state index is 12.9. The molecular weight excluding hydrogens is 385 g/mol. The molecule has 148 valence electrons. The van der Waals surface area contributed by atoms with Gasteiger partial charge >= 0.3 is 6.18 Å². The SMILES string of the molecule is CC(=O)c1cc(C(F)(F)F)ccc1Oc1ccc(-c2cccc(C(N)=O)n2)cc1. The molecule has 0 saturated heterocycles. The largest absolute Gasteiger partial charge is 0.457 e. The number of carbonyl (C=O) groups excluding carboxylic acids is 2. The predicted molar refractivity (Wildman–Crippen MR) is 99.7 cm³/mol. The Morgan fingerprint density at radius 3 is 2.28 bits per heavy atom. The van der Waals surface area contributed by atoms with Crippen LogP contribution in [-0.2, 0) is 6.18 Å². The van der Waals surface area contributed by atoms with Gasteiger partial charge in [0.2, 0.25) is 0 Å². The molecule has 0 fully saturated rings. The minimum atomic E-state index is -4.56. The molecule has 0 aliphatic carbocycles.